The van der Waals surface area contributed by atoms with E-state index in [1.165, 1.54) is 0 Å². The van der Waals surface area contributed by atoms with E-state index in [2.05, 4.69) is 10.3 Å². The molecule has 0 N–H and O–H groups in total. The van der Waals surface area contributed by atoms with Crippen molar-refractivity contribution >= 4 is 15.7 Å². The summed E-state index contributed by atoms with van der Waals surface area (Å²) in [6.07, 6.45) is 2.17. The molecule has 128 valence electrons. The third-order valence-corrected chi connectivity index (χ3v) is 4.22. The SMILES string of the molecule is [B][C@H]1CC(OCc2cn([C@H]3O[C@@H]([B])CC3OC)nn2)[C@@H](COC)O1. The first-order chi connectivity index (χ1) is 11.6. The first-order valence-electron chi connectivity index (χ1n) is 7.96. The first-order valence-corrected chi connectivity index (χ1v) is 7.96. The highest BCUT2D eigenvalue weighted by Gasteiger charge is 2.36. The van der Waals surface area contributed by atoms with Crippen LogP contribution in [0.25, 0.3) is 0 Å². The molecule has 2 fully saturated rings. The molecule has 6 atom stereocenters. The van der Waals surface area contributed by atoms with Crippen LogP contribution >= 0.6 is 0 Å². The van der Waals surface area contributed by atoms with Gasteiger partial charge in [0.15, 0.2) is 6.23 Å². The molecule has 0 bridgehead atoms. The Bertz CT molecular complexity index is 534. The van der Waals surface area contributed by atoms with E-state index < -0.39 is 0 Å². The molecule has 8 nitrogen and oxygen atoms in total. The molecule has 10 heteroatoms. The molecule has 0 saturated carbocycles. The number of aromatic nitrogens is 3. The molecule has 3 heterocycles. The third kappa shape index (κ3) is 4.00. The maximum atomic E-state index is 5.88. The molecule has 0 amide bonds. The molecular formula is C14H21B2N3O5. The van der Waals surface area contributed by atoms with Crippen molar-refractivity contribution < 1.29 is 23.7 Å². The Morgan fingerprint density at radius 2 is 1.96 bits per heavy atom. The van der Waals surface area contributed by atoms with Crippen LogP contribution in [0.5, 0.6) is 0 Å². The van der Waals surface area contributed by atoms with E-state index in [1.54, 1.807) is 25.1 Å². The Hall–Kier alpha value is -0.930. The zero-order valence-electron chi connectivity index (χ0n) is 13.9. The van der Waals surface area contributed by atoms with Gasteiger partial charge in [-0.25, -0.2) is 4.68 Å². The molecule has 0 spiro atoms. The molecule has 2 saturated heterocycles. The Morgan fingerprint density at radius 1 is 1.21 bits per heavy atom. The summed E-state index contributed by atoms with van der Waals surface area (Å²) in [5, 5.41) is 8.21. The number of nitrogens with zero attached hydrogens (tertiary/aromatic N) is 3. The van der Waals surface area contributed by atoms with Gasteiger partial charge in [0.05, 0.1) is 25.5 Å². The van der Waals surface area contributed by atoms with Crippen molar-refractivity contribution in [1.29, 1.82) is 0 Å². The Labute approximate surface area is 143 Å². The summed E-state index contributed by atoms with van der Waals surface area (Å²) in [5.74, 6) is 0. The number of hydrogen-bond acceptors (Lipinski definition) is 7. The van der Waals surface area contributed by atoms with Crippen LogP contribution in [0.4, 0.5) is 0 Å². The fourth-order valence-corrected chi connectivity index (χ4v) is 3.04. The van der Waals surface area contributed by atoms with Crippen molar-refractivity contribution in [1.82, 2.24) is 15.0 Å². The lowest BCUT2D eigenvalue weighted by Crippen LogP contribution is -2.28. The van der Waals surface area contributed by atoms with E-state index in [0.717, 1.165) is 0 Å². The van der Waals surface area contributed by atoms with E-state index in [1.807, 2.05) is 0 Å². The minimum Gasteiger partial charge on any atom is -0.382 e. The molecule has 2 unspecified atom stereocenters. The molecule has 1 aromatic rings. The Kier molecular flexibility index (Phi) is 5.93. The maximum absolute atomic E-state index is 5.88. The summed E-state index contributed by atoms with van der Waals surface area (Å²) >= 11 is 0. The van der Waals surface area contributed by atoms with Crippen LogP contribution in [0.15, 0.2) is 6.20 Å². The minimum atomic E-state index is -0.379. The van der Waals surface area contributed by atoms with Crippen LogP contribution in [-0.2, 0) is 30.3 Å². The maximum Gasteiger partial charge on any atom is 0.177 e. The molecule has 2 aliphatic rings. The van der Waals surface area contributed by atoms with Crippen molar-refractivity contribution in [3.8, 4) is 0 Å². The molecule has 4 radical (unpaired) electrons. The van der Waals surface area contributed by atoms with Crippen molar-refractivity contribution in [2.24, 2.45) is 0 Å². The predicted octanol–water partition coefficient (Wildman–Crippen LogP) is -0.478. The topological polar surface area (TPSA) is 76.9 Å². The second kappa shape index (κ2) is 7.97. The van der Waals surface area contributed by atoms with Crippen LogP contribution < -0.4 is 0 Å². The van der Waals surface area contributed by atoms with Gasteiger partial charge < -0.3 is 23.7 Å². The van der Waals surface area contributed by atoms with Gasteiger partial charge in [-0.3, -0.25) is 0 Å². The number of rotatable bonds is 7. The fraction of sp³-hybridized carbons (Fsp3) is 0.857. The minimum absolute atomic E-state index is 0.132. The molecule has 0 aromatic carbocycles. The lowest BCUT2D eigenvalue weighted by Gasteiger charge is -2.18. The average molecular weight is 333 g/mol. The standard InChI is InChI=1S/C14H21B2N3O5/c1-20-7-11-9(3-12(15)23-11)22-6-8-5-19(18-17-8)14-10(21-2)4-13(16)24-14/h5,9-14H,3-4,6-7H2,1-2H3/t9?,10?,11-,12-,13-,14+/m1/s1. The van der Waals surface area contributed by atoms with Gasteiger partial charge in [-0.1, -0.05) is 5.21 Å². The van der Waals surface area contributed by atoms with E-state index in [-0.39, 0.29) is 36.5 Å². The highest BCUT2D eigenvalue weighted by molar-refractivity contribution is 6.11. The van der Waals surface area contributed by atoms with Gasteiger partial charge in [-0.2, -0.15) is 0 Å². The summed E-state index contributed by atoms with van der Waals surface area (Å²) in [5.41, 5.74) is 0.686. The molecule has 1 aromatic heterocycles. The zero-order valence-corrected chi connectivity index (χ0v) is 13.9. The van der Waals surface area contributed by atoms with Crippen molar-refractivity contribution in [2.75, 3.05) is 20.8 Å². The molecule has 2 aliphatic heterocycles. The lowest BCUT2D eigenvalue weighted by atomic mass is 9.96. The second-order valence-electron chi connectivity index (χ2n) is 6.02. The second-order valence-corrected chi connectivity index (χ2v) is 6.02. The summed E-state index contributed by atoms with van der Waals surface area (Å²) < 4.78 is 29.2. The smallest absolute Gasteiger partial charge is 0.177 e. The molecule has 24 heavy (non-hydrogen) atoms. The quantitative estimate of drug-likeness (QED) is 0.624. The summed E-state index contributed by atoms with van der Waals surface area (Å²) in [6.45, 7) is 0.742. The van der Waals surface area contributed by atoms with Crippen LogP contribution in [0.1, 0.15) is 24.8 Å². The lowest BCUT2D eigenvalue weighted by molar-refractivity contribution is -0.0524. The number of hydrogen-bond donors (Lipinski definition) is 0. The normalized spacial score (nSPS) is 36.4. The van der Waals surface area contributed by atoms with Gasteiger partial charge >= 0.3 is 0 Å². The Balaban J connectivity index is 1.56. The first kappa shape index (κ1) is 17.9. The van der Waals surface area contributed by atoms with Crippen molar-refractivity contribution in [2.45, 2.75) is 56.0 Å². The summed E-state index contributed by atoms with van der Waals surface area (Å²) in [7, 11) is 14.9. The van der Waals surface area contributed by atoms with Gasteiger partial charge in [0.2, 0.25) is 0 Å². The van der Waals surface area contributed by atoms with Crippen LogP contribution in [0.2, 0.25) is 0 Å². The van der Waals surface area contributed by atoms with Crippen LogP contribution in [0.3, 0.4) is 0 Å². The largest absolute Gasteiger partial charge is 0.382 e. The molecule has 0 aliphatic carbocycles. The molecule has 3 rings (SSSR count). The van der Waals surface area contributed by atoms with Gasteiger partial charge in [0.25, 0.3) is 0 Å². The predicted molar refractivity (Wildman–Crippen MR) is 84.6 cm³/mol. The van der Waals surface area contributed by atoms with Crippen LogP contribution in [0, 0.1) is 0 Å². The fourth-order valence-electron chi connectivity index (χ4n) is 3.04. The average Bonchev–Trinajstić information content (AvgIpc) is 3.24. The van der Waals surface area contributed by atoms with Gasteiger partial charge in [-0.05, 0) is 12.8 Å². The molecular weight excluding hydrogens is 312 g/mol. The van der Waals surface area contributed by atoms with Crippen molar-refractivity contribution in [3.63, 3.8) is 0 Å². The summed E-state index contributed by atoms with van der Waals surface area (Å²) in [4.78, 5) is 0. The Morgan fingerprint density at radius 3 is 2.71 bits per heavy atom. The van der Waals surface area contributed by atoms with E-state index in [9.17, 15) is 0 Å². The number of methoxy groups -OCH3 is 2. The number of ether oxygens (including phenoxy) is 5. The van der Waals surface area contributed by atoms with Crippen molar-refractivity contribution in [3.05, 3.63) is 11.9 Å². The zero-order chi connectivity index (χ0) is 17.1. The van der Waals surface area contributed by atoms with Crippen LogP contribution in [-0.4, -0.2) is 81.8 Å². The van der Waals surface area contributed by atoms with E-state index >= 15 is 0 Å². The van der Waals surface area contributed by atoms with E-state index in [4.69, 9.17) is 39.4 Å². The van der Waals surface area contributed by atoms with Gasteiger partial charge in [0.1, 0.15) is 33.6 Å². The van der Waals surface area contributed by atoms with Gasteiger partial charge in [0, 0.05) is 26.2 Å². The van der Waals surface area contributed by atoms with Gasteiger partial charge in [-0.15, -0.1) is 5.10 Å². The third-order valence-electron chi connectivity index (χ3n) is 4.22. The highest BCUT2D eigenvalue weighted by Crippen LogP contribution is 2.29. The monoisotopic (exact) mass is 333 g/mol. The highest BCUT2D eigenvalue weighted by atomic mass is 16.6. The summed E-state index contributed by atoms with van der Waals surface area (Å²) in [6, 6.07) is -0.697. The van der Waals surface area contributed by atoms with E-state index in [0.29, 0.717) is 31.7 Å².